The zero-order chi connectivity index (χ0) is 15.4. The number of ether oxygens (including phenoxy) is 1. The molecule has 4 nitrogen and oxygen atoms in total. The Balaban J connectivity index is 3.45. The van der Waals surface area contributed by atoms with Crippen LogP contribution in [0.2, 0.25) is 6.04 Å². The molecule has 2 N–H and O–H groups in total. The van der Waals surface area contributed by atoms with Gasteiger partial charge in [-0.3, -0.25) is 0 Å². The van der Waals surface area contributed by atoms with Crippen molar-refractivity contribution in [3.05, 3.63) is 0 Å². The molecule has 0 spiro atoms. The molecule has 0 amide bonds. The van der Waals surface area contributed by atoms with Crippen LogP contribution in [0.25, 0.3) is 0 Å². The summed E-state index contributed by atoms with van der Waals surface area (Å²) in [4.78, 5) is 0. The minimum Gasteiger partial charge on any atom is -0.396 e. The number of hydrogen-bond acceptors (Lipinski definition) is 4. The first-order chi connectivity index (χ1) is 9.47. The quantitative estimate of drug-likeness (QED) is 0.735. The van der Waals surface area contributed by atoms with E-state index in [1.165, 1.54) is 0 Å². The van der Waals surface area contributed by atoms with E-state index in [9.17, 15) is 0 Å². The van der Waals surface area contributed by atoms with E-state index in [-0.39, 0.29) is 5.54 Å². The van der Waals surface area contributed by atoms with Crippen molar-refractivity contribution in [2.75, 3.05) is 21.3 Å². The summed E-state index contributed by atoms with van der Waals surface area (Å²) in [6, 6.07) is 0.964. The fraction of sp³-hybridized carbons (Fsp3) is 1.00. The monoisotopic (exact) mass is 303 g/mol. The lowest BCUT2D eigenvalue weighted by Gasteiger charge is -2.60. The molecule has 0 radical (unpaired) electrons. The summed E-state index contributed by atoms with van der Waals surface area (Å²) in [5, 5.41) is -0.466. The van der Waals surface area contributed by atoms with Crippen LogP contribution in [0.4, 0.5) is 0 Å². The predicted molar refractivity (Wildman–Crippen MR) is 84.8 cm³/mol. The molecule has 20 heavy (non-hydrogen) atoms. The minimum atomic E-state index is -2.49. The van der Waals surface area contributed by atoms with E-state index in [1.807, 2.05) is 0 Å². The molecule has 3 atom stereocenters. The summed E-state index contributed by atoms with van der Waals surface area (Å²) in [5.74, 6) is 0.463. The Kier molecular flexibility index (Phi) is 6.23. The van der Waals surface area contributed by atoms with Gasteiger partial charge in [0.15, 0.2) is 0 Å². The van der Waals surface area contributed by atoms with Gasteiger partial charge in [-0.1, -0.05) is 33.6 Å². The third kappa shape index (κ3) is 2.27. The van der Waals surface area contributed by atoms with Crippen LogP contribution in [0.1, 0.15) is 52.9 Å². The van der Waals surface area contributed by atoms with Gasteiger partial charge in [0.25, 0.3) is 0 Å². The van der Waals surface area contributed by atoms with E-state index >= 15 is 0 Å². The van der Waals surface area contributed by atoms with Crippen molar-refractivity contribution < 1.29 is 13.6 Å². The lowest BCUT2D eigenvalue weighted by molar-refractivity contribution is -0.0895. The second-order valence-electron chi connectivity index (χ2n) is 5.98. The lowest BCUT2D eigenvalue weighted by Crippen LogP contribution is -2.80. The van der Waals surface area contributed by atoms with Gasteiger partial charge in [0.05, 0.1) is 0 Å². The fourth-order valence-electron chi connectivity index (χ4n) is 4.49. The molecule has 0 bridgehead atoms. The first-order valence-corrected chi connectivity index (χ1v) is 9.94. The Morgan fingerprint density at radius 1 is 1.15 bits per heavy atom. The van der Waals surface area contributed by atoms with Crippen molar-refractivity contribution in [3.8, 4) is 0 Å². The second kappa shape index (κ2) is 6.88. The standard InChI is InChI=1S/C15H33NO3Si/c1-7-11-15(17-4)14(16,9-3)13(8-2)10-12-20(15,18-5)19-6/h13H,7-12,16H2,1-6H3. The fourth-order valence-corrected chi connectivity index (χ4v) is 8.89. The van der Waals surface area contributed by atoms with Gasteiger partial charge in [0.2, 0.25) is 0 Å². The van der Waals surface area contributed by atoms with Gasteiger partial charge in [0.1, 0.15) is 5.22 Å². The van der Waals surface area contributed by atoms with Crippen molar-refractivity contribution in [2.24, 2.45) is 11.7 Å². The average Bonchev–Trinajstić information content (AvgIpc) is 2.49. The Hall–Kier alpha value is 0.0569. The Bertz CT molecular complexity index is 311. The Labute approximate surface area is 125 Å². The second-order valence-corrected chi connectivity index (χ2v) is 9.61. The van der Waals surface area contributed by atoms with E-state index in [0.717, 1.165) is 38.1 Å². The predicted octanol–water partition coefficient (Wildman–Crippen LogP) is 2.98. The van der Waals surface area contributed by atoms with Crippen LogP contribution in [0.5, 0.6) is 0 Å². The molecule has 3 unspecified atom stereocenters. The molecule has 1 aliphatic rings. The first kappa shape index (κ1) is 18.1. The van der Waals surface area contributed by atoms with Gasteiger partial charge < -0.3 is 19.3 Å². The molecule has 0 aromatic rings. The van der Waals surface area contributed by atoms with Gasteiger partial charge in [-0.15, -0.1) is 0 Å². The number of rotatable bonds is 7. The highest BCUT2D eigenvalue weighted by molar-refractivity contribution is 6.71. The van der Waals surface area contributed by atoms with E-state index < -0.39 is 13.8 Å². The summed E-state index contributed by atoms with van der Waals surface area (Å²) in [5.41, 5.74) is 6.59. The summed E-state index contributed by atoms with van der Waals surface area (Å²) < 4.78 is 18.1. The van der Waals surface area contributed by atoms with Crippen LogP contribution in [0.15, 0.2) is 0 Å². The molecule has 1 rings (SSSR count). The smallest absolute Gasteiger partial charge is 0.372 e. The van der Waals surface area contributed by atoms with E-state index in [4.69, 9.17) is 19.3 Å². The molecule has 5 heteroatoms. The largest absolute Gasteiger partial charge is 0.396 e. The van der Waals surface area contributed by atoms with Crippen LogP contribution in [0.3, 0.4) is 0 Å². The lowest BCUT2D eigenvalue weighted by atomic mass is 9.72. The Morgan fingerprint density at radius 2 is 1.75 bits per heavy atom. The highest BCUT2D eigenvalue weighted by atomic mass is 28.4. The third-order valence-electron chi connectivity index (χ3n) is 5.61. The number of methoxy groups -OCH3 is 1. The SMILES string of the molecule is CCCC1(OC)C(N)(CC)C(CC)CC[Si]1(OC)OC. The van der Waals surface area contributed by atoms with Gasteiger partial charge in [0, 0.05) is 26.9 Å². The maximum absolute atomic E-state index is 6.97. The van der Waals surface area contributed by atoms with Crippen molar-refractivity contribution >= 4 is 8.56 Å². The first-order valence-electron chi connectivity index (χ1n) is 7.91. The summed E-state index contributed by atoms with van der Waals surface area (Å²) in [7, 11) is 2.82. The van der Waals surface area contributed by atoms with E-state index in [0.29, 0.717) is 5.92 Å². The molecule has 120 valence electrons. The average molecular weight is 304 g/mol. The van der Waals surface area contributed by atoms with Crippen LogP contribution in [-0.2, 0) is 13.6 Å². The minimum absolute atomic E-state index is 0.372. The van der Waals surface area contributed by atoms with Gasteiger partial charge in [-0.05, 0) is 31.2 Å². The van der Waals surface area contributed by atoms with Crippen LogP contribution in [0, 0.1) is 5.92 Å². The van der Waals surface area contributed by atoms with Crippen molar-refractivity contribution in [1.29, 1.82) is 0 Å². The normalized spacial score (nSPS) is 37.0. The maximum atomic E-state index is 6.97. The van der Waals surface area contributed by atoms with E-state index in [2.05, 4.69) is 20.8 Å². The molecule has 0 aromatic carbocycles. The molecule has 1 fully saturated rings. The topological polar surface area (TPSA) is 53.7 Å². The summed E-state index contributed by atoms with van der Waals surface area (Å²) >= 11 is 0. The maximum Gasteiger partial charge on any atom is 0.372 e. The van der Waals surface area contributed by atoms with Crippen LogP contribution in [-0.4, -0.2) is 40.7 Å². The van der Waals surface area contributed by atoms with Crippen molar-refractivity contribution in [1.82, 2.24) is 0 Å². The van der Waals surface area contributed by atoms with Crippen LogP contribution < -0.4 is 5.73 Å². The van der Waals surface area contributed by atoms with Crippen molar-refractivity contribution in [2.45, 2.75) is 69.7 Å². The Morgan fingerprint density at radius 3 is 2.10 bits per heavy atom. The molecule has 1 aliphatic heterocycles. The third-order valence-corrected chi connectivity index (χ3v) is 10.0. The molecule has 0 aliphatic carbocycles. The number of hydrogen-bond donors (Lipinski definition) is 1. The molecule has 1 heterocycles. The molecule has 0 saturated carbocycles. The molecular weight excluding hydrogens is 270 g/mol. The highest BCUT2D eigenvalue weighted by Gasteiger charge is 2.70. The number of nitrogens with two attached hydrogens (primary N) is 1. The summed E-state index contributed by atoms with van der Waals surface area (Å²) in [6.07, 6.45) is 4.96. The molecule has 1 saturated heterocycles. The van der Waals surface area contributed by atoms with E-state index in [1.54, 1.807) is 21.3 Å². The zero-order valence-electron chi connectivity index (χ0n) is 14.1. The van der Waals surface area contributed by atoms with Crippen LogP contribution >= 0.6 is 0 Å². The highest BCUT2D eigenvalue weighted by Crippen LogP contribution is 2.52. The molecular formula is C15H33NO3Si. The van der Waals surface area contributed by atoms with Gasteiger partial charge in [-0.2, -0.15) is 0 Å². The zero-order valence-corrected chi connectivity index (χ0v) is 15.1. The molecule has 0 aromatic heterocycles. The van der Waals surface area contributed by atoms with Gasteiger partial charge in [-0.25, -0.2) is 0 Å². The van der Waals surface area contributed by atoms with Gasteiger partial charge >= 0.3 is 8.56 Å². The van der Waals surface area contributed by atoms with Crippen molar-refractivity contribution in [3.63, 3.8) is 0 Å². The summed E-state index contributed by atoms with van der Waals surface area (Å²) in [6.45, 7) is 6.57.